The second-order valence-corrected chi connectivity index (χ2v) is 12.1. The summed E-state index contributed by atoms with van der Waals surface area (Å²) in [5, 5.41) is 9.37. The molecule has 41 heavy (non-hydrogen) atoms. The van der Waals surface area contributed by atoms with Crippen molar-refractivity contribution in [2.45, 2.75) is 35.3 Å². The highest BCUT2D eigenvalue weighted by molar-refractivity contribution is 7.93. The van der Waals surface area contributed by atoms with Gasteiger partial charge in [-0.1, -0.05) is 42.5 Å². The summed E-state index contributed by atoms with van der Waals surface area (Å²) < 4.78 is 50.6. The van der Waals surface area contributed by atoms with Gasteiger partial charge in [0.1, 0.15) is 11.6 Å². The first-order chi connectivity index (χ1) is 19.3. The lowest BCUT2D eigenvalue weighted by molar-refractivity contribution is -0.133. The van der Waals surface area contributed by atoms with Crippen LogP contribution in [0.25, 0.3) is 11.1 Å². The first kappa shape index (κ1) is 32.5. The third-order valence-electron chi connectivity index (χ3n) is 7.43. The number of piperidine rings is 1. The molecule has 8 nitrogen and oxygen atoms in total. The zero-order valence-corrected chi connectivity index (χ0v) is 24.6. The molecule has 0 atom stereocenters. The van der Waals surface area contributed by atoms with E-state index in [-0.39, 0.29) is 36.0 Å². The lowest BCUT2D eigenvalue weighted by atomic mass is 9.95. The van der Waals surface area contributed by atoms with E-state index in [1.165, 1.54) is 18.2 Å². The van der Waals surface area contributed by atoms with Crippen LogP contribution in [0, 0.1) is 5.82 Å². The van der Waals surface area contributed by atoms with Gasteiger partial charge < -0.3 is 14.4 Å². The van der Waals surface area contributed by atoms with Gasteiger partial charge in [-0.3, -0.25) is 10.0 Å². The third-order valence-corrected chi connectivity index (χ3v) is 9.94. The summed E-state index contributed by atoms with van der Waals surface area (Å²) in [7, 11) is -2.50. The van der Waals surface area contributed by atoms with Gasteiger partial charge in [0.2, 0.25) is 0 Å². The Bertz CT molecular complexity index is 1400. The van der Waals surface area contributed by atoms with Crippen molar-refractivity contribution in [2.24, 2.45) is 0 Å². The van der Waals surface area contributed by atoms with Gasteiger partial charge in [0.15, 0.2) is 14.6 Å². The molecule has 0 aromatic heterocycles. The van der Waals surface area contributed by atoms with E-state index in [4.69, 9.17) is 9.47 Å². The monoisotopic (exact) mass is 606 g/mol. The Morgan fingerprint density at radius 2 is 1.73 bits per heavy atom. The summed E-state index contributed by atoms with van der Waals surface area (Å²) in [5.41, 5.74) is 4.02. The number of nitrogens with one attached hydrogen (secondary N) is 1. The molecule has 1 amide bonds. The predicted octanol–water partition coefficient (Wildman–Crippen LogP) is 4.69. The number of amides is 1. The number of methoxy groups -OCH3 is 1. The summed E-state index contributed by atoms with van der Waals surface area (Å²) in [6, 6.07) is 20.4. The van der Waals surface area contributed by atoms with Gasteiger partial charge in [-0.25, -0.2) is 18.3 Å². The average Bonchev–Trinajstić information content (AvgIpc) is 2.98. The van der Waals surface area contributed by atoms with Crippen LogP contribution < -0.4 is 10.2 Å². The fourth-order valence-electron chi connectivity index (χ4n) is 5.07. The van der Waals surface area contributed by atoms with E-state index in [1.54, 1.807) is 36.9 Å². The second-order valence-electron chi connectivity index (χ2n) is 9.88. The smallest absolute Gasteiger partial charge is 0.265 e. The second kappa shape index (κ2) is 14.7. The van der Waals surface area contributed by atoms with E-state index in [0.717, 1.165) is 17.5 Å². The van der Waals surface area contributed by atoms with Crippen LogP contribution in [-0.2, 0) is 25.8 Å². The molecule has 2 N–H and O–H groups in total. The molecule has 0 radical (unpaired) electrons. The molecule has 4 rings (SSSR count). The molecular weight excluding hydrogens is 571 g/mol. The maximum atomic E-state index is 14.1. The molecule has 1 aliphatic rings. The Hall–Kier alpha value is -3.02. The van der Waals surface area contributed by atoms with Gasteiger partial charge in [0.05, 0.1) is 18.1 Å². The quantitative estimate of drug-likeness (QED) is 0.175. The van der Waals surface area contributed by atoms with Crippen LogP contribution in [0.1, 0.15) is 24.8 Å². The standard InChI is InChI=1S/C30H35FN2O6S.ClH/c1-38-21-19-33-17-15-30(16-18-33,29(34)32-35)40(36,37)26-13-11-25(12-14-26)39-20-5-7-23-6-4-8-24(22-23)27-9-2-3-10-28(27)31;/h2-4,6,8-14,22,35H,5,7,15-21H2,1H3,(H,32,34);1H. The minimum absolute atomic E-state index is 0. The number of hydrogen-bond donors (Lipinski definition) is 2. The zero-order valence-electron chi connectivity index (χ0n) is 22.9. The summed E-state index contributed by atoms with van der Waals surface area (Å²) in [5.74, 6) is -0.670. The number of ether oxygens (including phenoxy) is 2. The minimum atomic E-state index is -4.10. The Labute approximate surface area is 246 Å². The predicted molar refractivity (Wildman–Crippen MR) is 157 cm³/mol. The van der Waals surface area contributed by atoms with Gasteiger partial charge in [-0.15, -0.1) is 12.4 Å². The van der Waals surface area contributed by atoms with E-state index in [9.17, 15) is 22.8 Å². The van der Waals surface area contributed by atoms with Crippen LogP contribution in [0.15, 0.2) is 77.7 Å². The van der Waals surface area contributed by atoms with Crippen LogP contribution >= 0.6 is 12.4 Å². The summed E-state index contributed by atoms with van der Waals surface area (Å²) in [4.78, 5) is 14.7. The molecular formula is C30H36ClFN2O6S. The molecule has 0 spiro atoms. The lowest BCUT2D eigenvalue weighted by Gasteiger charge is -2.39. The average molecular weight is 607 g/mol. The highest BCUT2D eigenvalue weighted by Crippen LogP contribution is 2.36. The van der Waals surface area contributed by atoms with Gasteiger partial charge >= 0.3 is 0 Å². The fraction of sp³-hybridized carbons (Fsp3) is 0.367. The number of likely N-dealkylation sites (tertiary alicyclic amines) is 1. The van der Waals surface area contributed by atoms with Crippen molar-refractivity contribution in [3.8, 4) is 16.9 Å². The lowest BCUT2D eigenvalue weighted by Crippen LogP contribution is -2.57. The van der Waals surface area contributed by atoms with E-state index in [2.05, 4.69) is 0 Å². The number of carbonyl (C=O) groups is 1. The molecule has 3 aromatic rings. The molecule has 1 fully saturated rings. The summed E-state index contributed by atoms with van der Waals surface area (Å²) >= 11 is 0. The largest absolute Gasteiger partial charge is 0.494 e. The van der Waals surface area contributed by atoms with Crippen molar-refractivity contribution >= 4 is 28.2 Å². The van der Waals surface area contributed by atoms with Gasteiger partial charge in [0, 0.05) is 32.3 Å². The van der Waals surface area contributed by atoms with Crippen LogP contribution in [0.5, 0.6) is 5.75 Å². The number of sulfone groups is 1. The number of hydroxylamine groups is 1. The number of aryl methyl sites for hydroxylation is 1. The van der Waals surface area contributed by atoms with Crippen molar-refractivity contribution in [1.82, 2.24) is 10.4 Å². The van der Waals surface area contributed by atoms with E-state index >= 15 is 0 Å². The molecule has 1 heterocycles. The minimum Gasteiger partial charge on any atom is -0.494 e. The number of hydrogen-bond acceptors (Lipinski definition) is 7. The molecule has 222 valence electrons. The SMILES string of the molecule is COCCN1CCC(C(=O)NO)(S(=O)(=O)c2ccc(OCCCc3cccc(-c4ccccc4F)c3)cc2)CC1.Cl. The molecule has 3 aromatic carbocycles. The molecule has 1 saturated heterocycles. The first-order valence-corrected chi connectivity index (χ1v) is 14.8. The van der Waals surface area contributed by atoms with Crippen molar-refractivity contribution in [3.63, 3.8) is 0 Å². The van der Waals surface area contributed by atoms with Crippen molar-refractivity contribution < 1.29 is 32.3 Å². The van der Waals surface area contributed by atoms with Crippen molar-refractivity contribution in [3.05, 3.63) is 84.2 Å². The van der Waals surface area contributed by atoms with Gasteiger partial charge in [-0.2, -0.15) is 0 Å². The Balaban J connectivity index is 0.00000462. The maximum absolute atomic E-state index is 14.1. The molecule has 0 bridgehead atoms. The number of rotatable bonds is 12. The zero-order chi connectivity index (χ0) is 28.6. The van der Waals surface area contributed by atoms with Crippen molar-refractivity contribution in [2.75, 3.05) is 40.0 Å². The molecule has 1 aliphatic heterocycles. The first-order valence-electron chi connectivity index (χ1n) is 13.3. The molecule has 0 aliphatic carbocycles. The Kier molecular flexibility index (Phi) is 11.7. The molecule has 11 heteroatoms. The van der Waals surface area contributed by atoms with Crippen LogP contribution in [-0.4, -0.2) is 69.1 Å². The van der Waals surface area contributed by atoms with Gasteiger partial charge in [-0.05, 0) is 67.1 Å². The molecule has 0 unspecified atom stereocenters. The van der Waals surface area contributed by atoms with Crippen molar-refractivity contribution in [1.29, 1.82) is 0 Å². The molecule has 0 saturated carbocycles. The topological polar surface area (TPSA) is 105 Å². The Morgan fingerprint density at radius 3 is 2.39 bits per heavy atom. The third kappa shape index (κ3) is 7.44. The summed E-state index contributed by atoms with van der Waals surface area (Å²) in [6.07, 6.45) is 1.55. The van der Waals surface area contributed by atoms with Crippen LogP contribution in [0.3, 0.4) is 0 Å². The fourth-order valence-corrected chi connectivity index (χ4v) is 7.03. The highest BCUT2D eigenvalue weighted by Gasteiger charge is 2.52. The highest BCUT2D eigenvalue weighted by atomic mass is 35.5. The summed E-state index contributed by atoms with van der Waals surface area (Å²) in [6.45, 7) is 2.33. The Morgan fingerprint density at radius 1 is 1.02 bits per heavy atom. The number of benzene rings is 3. The van der Waals surface area contributed by atoms with E-state index < -0.39 is 20.5 Å². The van der Waals surface area contributed by atoms with E-state index in [0.29, 0.717) is 50.6 Å². The number of halogens is 2. The number of nitrogens with zero attached hydrogens (tertiary/aromatic N) is 1. The van der Waals surface area contributed by atoms with E-state index in [1.807, 2.05) is 35.2 Å². The van der Waals surface area contributed by atoms with Gasteiger partial charge in [0.25, 0.3) is 5.91 Å². The van der Waals surface area contributed by atoms with Crippen LogP contribution in [0.4, 0.5) is 4.39 Å². The number of carbonyl (C=O) groups excluding carboxylic acids is 1. The normalized spacial score (nSPS) is 15.1. The van der Waals surface area contributed by atoms with Crippen LogP contribution in [0.2, 0.25) is 0 Å². The maximum Gasteiger partial charge on any atom is 0.265 e.